The number of aromatic nitrogens is 1. The molecule has 0 aliphatic rings. The minimum absolute atomic E-state index is 0.385. The SMILES string of the molecule is Cc1cc2c([nH]1)c(=O)oc1c(Cl)cccc12. The van der Waals surface area contributed by atoms with Gasteiger partial charge in [0.05, 0.1) is 5.02 Å². The molecule has 0 fully saturated rings. The molecule has 80 valence electrons. The maximum Gasteiger partial charge on any atom is 0.360 e. The van der Waals surface area contributed by atoms with E-state index in [1.165, 1.54) is 0 Å². The summed E-state index contributed by atoms with van der Waals surface area (Å²) in [7, 11) is 0. The van der Waals surface area contributed by atoms with Gasteiger partial charge in [0.25, 0.3) is 0 Å². The Labute approximate surface area is 95.6 Å². The standard InChI is InChI=1S/C12H8ClNO2/c1-6-5-8-7-3-2-4-9(13)11(7)16-12(15)10(8)14-6/h2-5,14H,1H3. The summed E-state index contributed by atoms with van der Waals surface area (Å²) < 4.78 is 5.20. The molecule has 2 heterocycles. The van der Waals surface area contributed by atoms with E-state index in [1.807, 2.05) is 25.1 Å². The number of hydrogen-bond acceptors (Lipinski definition) is 2. The fourth-order valence-corrected chi connectivity index (χ4v) is 2.14. The van der Waals surface area contributed by atoms with Gasteiger partial charge in [0.2, 0.25) is 0 Å². The van der Waals surface area contributed by atoms with Crippen molar-refractivity contribution in [3.8, 4) is 0 Å². The molecule has 16 heavy (non-hydrogen) atoms. The molecule has 3 rings (SSSR count). The molecule has 0 bridgehead atoms. The van der Waals surface area contributed by atoms with E-state index in [9.17, 15) is 4.79 Å². The summed E-state index contributed by atoms with van der Waals surface area (Å²) in [5, 5.41) is 2.16. The lowest BCUT2D eigenvalue weighted by atomic mass is 10.1. The van der Waals surface area contributed by atoms with Crippen molar-refractivity contribution in [2.24, 2.45) is 0 Å². The molecule has 0 amide bonds. The Morgan fingerprint density at radius 2 is 2.12 bits per heavy atom. The Kier molecular flexibility index (Phi) is 1.85. The van der Waals surface area contributed by atoms with Gasteiger partial charge in [-0.2, -0.15) is 0 Å². The van der Waals surface area contributed by atoms with Crippen LogP contribution in [0.25, 0.3) is 21.9 Å². The van der Waals surface area contributed by atoms with Crippen LogP contribution in [0.3, 0.4) is 0 Å². The summed E-state index contributed by atoms with van der Waals surface area (Å²) in [4.78, 5) is 14.7. The molecule has 3 aromatic rings. The molecule has 2 aromatic heterocycles. The molecule has 0 aliphatic carbocycles. The third-order valence-electron chi connectivity index (χ3n) is 2.61. The first-order chi connectivity index (χ1) is 7.66. The van der Waals surface area contributed by atoms with Crippen molar-refractivity contribution in [3.05, 3.63) is 45.4 Å². The number of benzene rings is 1. The van der Waals surface area contributed by atoms with Crippen molar-refractivity contribution < 1.29 is 4.42 Å². The number of nitrogens with one attached hydrogen (secondary N) is 1. The van der Waals surface area contributed by atoms with Crippen LogP contribution in [0.1, 0.15) is 5.69 Å². The highest BCUT2D eigenvalue weighted by Gasteiger charge is 2.11. The van der Waals surface area contributed by atoms with Crippen molar-refractivity contribution in [3.63, 3.8) is 0 Å². The van der Waals surface area contributed by atoms with Gasteiger partial charge >= 0.3 is 5.63 Å². The molecule has 0 atom stereocenters. The smallest absolute Gasteiger partial charge is 0.360 e. The van der Waals surface area contributed by atoms with Crippen LogP contribution in [-0.2, 0) is 0 Å². The number of aromatic amines is 1. The van der Waals surface area contributed by atoms with Gasteiger partial charge in [0.15, 0.2) is 5.58 Å². The predicted octanol–water partition coefficient (Wildman–Crippen LogP) is 3.24. The van der Waals surface area contributed by atoms with Crippen LogP contribution in [0.5, 0.6) is 0 Å². The number of hydrogen-bond donors (Lipinski definition) is 1. The predicted molar refractivity (Wildman–Crippen MR) is 64.1 cm³/mol. The molecule has 0 spiro atoms. The van der Waals surface area contributed by atoms with Gasteiger partial charge in [-0.3, -0.25) is 0 Å². The fraction of sp³-hybridized carbons (Fsp3) is 0.0833. The van der Waals surface area contributed by atoms with Crippen LogP contribution in [0.15, 0.2) is 33.5 Å². The van der Waals surface area contributed by atoms with E-state index in [4.69, 9.17) is 16.0 Å². The molecule has 0 saturated carbocycles. The molecule has 1 aromatic carbocycles. The zero-order valence-corrected chi connectivity index (χ0v) is 9.26. The Bertz CT molecular complexity index is 755. The van der Waals surface area contributed by atoms with Gasteiger partial charge in [-0.15, -0.1) is 0 Å². The van der Waals surface area contributed by atoms with E-state index in [2.05, 4.69) is 4.98 Å². The van der Waals surface area contributed by atoms with Crippen molar-refractivity contribution >= 4 is 33.5 Å². The summed E-state index contributed by atoms with van der Waals surface area (Å²) >= 11 is 5.99. The number of aryl methyl sites for hydroxylation is 1. The van der Waals surface area contributed by atoms with Crippen LogP contribution in [0.2, 0.25) is 5.02 Å². The molecule has 0 aliphatic heterocycles. The van der Waals surface area contributed by atoms with E-state index in [1.54, 1.807) is 6.07 Å². The summed E-state index contributed by atoms with van der Waals surface area (Å²) in [6.45, 7) is 1.90. The van der Waals surface area contributed by atoms with E-state index in [0.29, 0.717) is 16.1 Å². The molecule has 0 radical (unpaired) electrons. The molecule has 0 saturated heterocycles. The second-order valence-corrected chi connectivity index (χ2v) is 4.15. The number of halogens is 1. The molecule has 4 heteroatoms. The lowest BCUT2D eigenvalue weighted by Crippen LogP contribution is -1.99. The highest BCUT2D eigenvalue weighted by Crippen LogP contribution is 2.28. The number of rotatable bonds is 0. The van der Waals surface area contributed by atoms with Crippen LogP contribution in [-0.4, -0.2) is 4.98 Å². The first-order valence-corrected chi connectivity index (χ1v) is 5.25. The minimum atomic E-state index is -0.385. The van der Waals surface area contributed by atoms with Crippen molar-refractivity contribution in [2.75, 3.05) is 0 Å². The van der Waals surface area contributed by atoms with Crippen LogP contribution in [0.4, 0.5) is 0 Å². The lowest BCUT2D eigenvalue weighted by Gasteiger charge is -1.99. The van der Waals surface area contributed by atoms with Crippen molar-refractivity contribution in [1.82, 2.24) is 4.98 Å². The summed E-state index contributed by atoms with van der Waals surface area (Å²) in [6, 6.07) is 7.36. The number of H-pyrrole nitrogens is 1. The van der Waals surface area contributed by atoms with Gasteiger partial charge in [-0.05, 0) is 19.1 Å². The Balaban J connectivity index is 2.69. The van der Waals surface area contributed by atoms with Gasteiger partial charge in [0.1, 0.15) is 5.52 Å². The second-order valence-electron chi connectivity index (χ2n) is 3.75. The topological polar surface area (TPSA) is 46.0 Å². The monoisotopic (exact) mass is 233 g/mol. The quantitative estimate of drug-likeness (QED) is 0.606. The third kappa shape index (κ3) is 1.18. The minimum Gasteiger partial charge on any atom is -0.420 e. The first kappa shape index (κ1) is 9.48. The maximum atomic E-state index is 11.7. The lowest BCUT2D eigenvalue weighted by molar-refractivity contribution is 0.568. The zero-order valence-electron chi connectivity index (χ0n) is 8.50. The molecule has 0 unspecified atom stereocenters. The fourth-order valence-electron chi connectivity index (χ4n) is 1.93. The van der Waals surface area contributed by atoms with Gasteiger partial charge in [-0.25, -0.2) is 4.79 Å². The van der Waals surface area contributed by atoms with E-state index >= 15 is 0 Å². The average Bonchev–Trinajstić information content (AvgIpc) is 2.63. The van der Waals surface area contributed by atoms with Gasteiger partial charge < -0.3 is 9.40 Å². The summed E-state index contributed by atoms with van der Waals surface area (Å²) in [5.74, 6) is 0. The molecule has 1 N–H and O–H groups in total. The first-order valence-electron chi connectivity index (χ1n) is 4.87. The number of para-hydroxylation sites is 1. The van der Waals surface area contributed by atoms with Crippen molar-refractivity contribution in [2.45, 2.75) is 6.92 Å². The van der Waals surface area contributed by atoms with Gasteiger partial charge in [-0.1, -0.05) is 23.7 Å². The van der Waals surface area contributed by atoms with E-state index in [-0.39, 0.29) is 5.63 Å². The van der Waals surface area contributed by atoms with E-state index in [0.717, 1.165) is 16.5 Å². The average molecular weight is 234 g/mol. The largest absolute Gasteiger partial charge is 0.420 e. The molecular weight excluding hydrogens is 226 g/mol. The normalized spacial score (nSPS) is 11.4. The van der Waals surface area contributed by atoms with Crippen LogP contribution >= 0.6 is 11.6 Å². The molecular formula is C12H8ClNO2. The maximum absolute atomic E-state index is 11.7. The highest BCUT2D eigenvalue weighted by molar-refractivity contribution is 6.35. The van der Waals surface area contributed by atoms with Crippen molar-refractivity contribution in [1.29, 1.82) is 0 Å². The Morgan fingerprint density at radius 3 is 2.94 bits per heavy atom. The van der Waals surface area contributed by atoms with Gasteiger partial charge in [0, 0.05) is 16.5 Å². The second kappa shape index (κ2) is 3.12. The summed E-state index contributed by atoms with van der Waals surface area (Å²) in [5.41, 5.74) is 1.48. The Morgan fingerprint density at radius 1 is 1.31 bits per heavy atom. The highest BCUT2D eigenvalue weighted by atomic mass is 35.5. The third-order valence-corrected chi connectivity index (χ3v) is 2.91. The van der Waals surface area contributed by atoms with Crippen LogP contribution < -0.4 is 5.63 Å². The Hall–Kier alpha value is -1.74. The zero-order chi connectivity index (χ0) is 11.3. The summed E-state index contributed by atoms with van der Waals surface area (Å²) in [6.07, 6.45) is 0. The number of fused-ring (bicyclic) bond motifs is 3. The molecule has 3 nitrogen and oxygen atoms in total. The van der Waals surface area contributed by atoms with E-state index < -0.39 is 0 Å². The van der Waals surface area contributed by atoms with Crippen LogP contribution in [0, 0.1) is 6.92 Å².